The zero-order valence-electron chi connectivity index (χ0n) is 22.2. The van der Waals surface area contributed by atoms with Crippen molar-refractivity contribution in [2.24, 2.45) is 7.05 Å². The van der Waals surface area contributed by atoms with Gasteiger partial charge in [-0.25, -0.2) is 4.98 Å². The summed E-state index contributed by atoms with van der Waals surface area (Å²) >= 11 is 0. The molecule has 0 aliphatic carbocycles. The first-order valence-electron chi connectivity index (χ1n) is 12.7. The van der Waals surface area contributed by atoms with Crippen LogP contribution in [0.15, 0.2) is 103 Å². The van der Waals surface area contributed by atoms with E-state index in [0.717, 1.165) is 23.3 Å². The molecule has 1 aromatic heterocycles. The SMILES string of the molecule is Cc1c(NC(=O)c2ccccc2-c2ccc(C(F)(F)F)cc2)nc(C(=O)Nc2ccc(-c3ccccc3)cc2)n1C. The summed E-state index contributed by atoms with van der Waals surface area (Å²) in [5.41, 5.74) is 3.61. The van der Waals surface area contributed by atoms with Gasteiger partial charge in [0.25, 0.3) is 11.8 Å². The molecule has 0 aliphatic heterocycles. The first-order valence-corrected chi connectivity index (χ1v) is 12.7. The lowest BCUT2D eigenvalue weighted by Gasteiger charge is -2.11. The highest BCUT2D eigenvalue weighted by atomic mass is 19.4. The second-order valence-corrected chi connectivity index (χ2v) is 9.40. The topological polar surface area (TPSA) is 76.0 Å². The maximum Gasteiger partial charge on any atom is 0.416 e. The number of alkyl halides is 3. The van der Waals surface area contributed by atoms with Gasteiger partial charge in [-0.1, -0.05) is 72.8 Å². The maximum absolute atomic E-state index is 13.3. The van der Waals surface area contributed by atoms with Crippen LogP contribution in [0.4, 0.5) is 24.7 Å². The number of aromatic nitrogens is 2. The molecule has 5 rings (SSSR count). The van der Waals surface area contributed by atoms with Crippen molar-refractivity contribution in [3.05, 3.63) is 126 Å². The number of carbonyl (C=O) groups excluding carboxylic acids is 2. The Morgan fingerprint density at radius 3 is 1.95 bits per heavy atom. The molecule has 0 radical (unpaired) electrons. The number of nitrogens with one attached hydrogen (secondary N) is 2. The van der Waals surface area contributed by atoms with E-state index >= 15 is 0 Å². The first kappa shape index (κ1) is 27.4. The van der Waals surface area contributed by atoms with Crippen LogP contribution < -0.4 is 10.6 Å². The number of hydrogen-bond donors (Lipinski definition) is 2. The van der Waals surface area contributed by atoms with Crippen molar-refractivity contribution in [2.75, 3.05) is 10.6 Å². The molecule has 5 aromatic rings. The monoisotopic (exact) mass is 554 g/mol. The second-order valence-electron chi connectivity index (χ2n) is 9.40. The number of hydrogen-bond acceptors (Lipinski definition) is 3. The minimum absolute atomic E-state index is 0.0981. The minimum atomic E-state index is -4.46. The summed E-state index contributed by atoms with van der Waals surface area (Å²) in [6, 6.07) is 28.5. The Morgan fingerprint density at radius 2 is 1.29 bits per heavy atom. The number of halogens is 3. The number of rotatable bonds is 6. The van der Waals surface area contributed by atoms with E-state index in [1.165, 1.54) is 12.1 Å². The highest BCUT2D eigenvalue weighted by molar-refractivity contribution is 6.09. The predicted molar refractivity (Wildman–Crippen MR) is 153 cm³/mol. The van der Waals surface area contributed by atoms with Gasteiger partial charge in [0.15, 0.2) is 5.82 Å². The van der Waals surface area contributed by atoms with Crippen molar-refractivity contribution < 1.29 is 22.8 Å². The predicted octanol–water partition coefficient (Wildman–Crippen LogP) is 7.59. The van der Waals surface area contributed by atoms with Crippen LogP contribution in [0.5, 0.6) is 0 Å². The van der Waals surface area contributed by atoms with Crippen LogP contribution in [0.25, 0.3) is 22.3 Å². The Hall–Kier alpha value is -5.18. The van der Waals surface area contributed by atoms with Crippen molar-refractivity contribution in [3.63, 3.8) is 0 Å². The van der Waals surface area contributed by atoms with Crippen LogP contribution in [0.2, 0.25) is 0 Å². The van der Waals surface area contributed by atoms with E-state index in [4.69, 9.17) is 0 Å². The normalized spacial score (nSPS) is 11.2. The van der Waals surface area contributed by atoms with Gasteiger partial charge in [-0.05, 0) is 59.5 Å². The van der Waals surface area contributed by atoms with E-state index in [-0.39, 0.29) is 17.2 Å². The molecule has 6 nitrogen and oxygen atoms in total. The number of anilines is 2. The molecule has 0 saturated carbocycles. The van der Waals surface area contributed by atoms with Gasteiger partial charge in [-0.2, -0.15) is 13.2 Å². The average Bonchev–Trinajstić information content (AvgIpc) is 3.26. The molecule has 0 bridgehead atoms. The van der Waals surface area contributed by atoms with Crippen LogP contribution in [-0.4, -0.2) is 21.4 Å². The highest BCUT2D eigenvalue weighted by Gasteiger charge is 2.30. The summed E-state index contributed by atoms with van der Waals surface area (Å²) in [6.07, 6.45) is -4.46. The van der Waals surface area contributed by atoms with Gasteiger partial charge < -0.3 is 15.2 Å². The number of nitrogens with zero attached hydrogens (tertiary/aromatic N) is 2. The quantitative estimate of drug-likeness (QED) is 0.227. The lowest BCUT2D eigenvalue weighted by molar-refractivity contribution is -0.137. The Labute approximate surface area is 234 Å². The van der Waals surface area contributed by atoms with Crippen molar-refractivity contribution >= 4 is 23.3 Å². The molecule has 0 fully saturated rings. The lowest BCUT2D eigenvalue weighted by atomic mass is 9.98. The van der Waals surface area contributed by atoms with Crippen molar-refractivity contribution in [1.29, 1.82) is 0 Å². The zero-order valence-corrected chi connectivity index (χ0v) is 22.2. The fraction of sp³-hybridized carbons (Fsp3) is 0.0938. The van der Waals surface area contributed by atoms with Gasteiger partial charge in [0, 0.05) is 18.3 Å². The van der Waals surface area contributed by atoms with E-state index in [9.17, 15) is 22.8 Å². The van der Waals surface area contributed by atoms with Gasteiger partial charge in [0.05, 0.1) is 11.3 Å². The molecular formula is C32H25F3N4O2. The summed E-state index contributed by atoms with van der Waals surface area (Å²) in [5.74, 6) is -0.663. The Morgan fingerprint density at radius 1 is 0.707 bits per heavy atom. The number of imidazole rings is 1. The van der Waals surface area contributed by atoms with Crippen LogP contribution in [-0.2, 0) is 13.2 Å². The maximum atomic E-state index is 13.3. The van der Waals surface area contributed by atoms with E-state index in [1.807, 2.05) is 42.5 Å². The first-order chi connectivity index (χ1) is 19.6. The smallest absolute Gasteiger partial charge is 0.325 e. The molecule has 9 heteroatoms. The molecule has 0 aliphatic rings. The van der Waals surface area contributed by atoms with Crippen molar-refractivity contribution in [1.82, 2.24) is 9.55 Å². The fourth-order valence-corrected chi connectivity index (χ4v) is 4.41. The summed E-state index contributed by atoms with van der Waals surface area (Å²) in [6.45, 7) is 1.72. The third kappa shape index (κ3) is 5.89. The van der Waals surface area contributed by atoms with Crippen LogP contribution >= 0.6 is 0 Å². The Balaban J connectivity index is 1.33. The highest BCUT2D eigenvalue weighted by Crippen LogP contribution is 2.32. The summed E-state index contributed by atoms with van der Waals surface area (Å²) in [4.78, 5) is 30.7. The van der Waals surface area contributed by atoms with Crippen LogP contribution in [0.1, 0.15) is 32.2 Å². The second kappa shape index (κ2) is 11.1. The Bertz CT molecular complexity index is 1710. The van der Waals surface area contributed by atoms with Gasteiger partial charge in [0.2, 0.25) is 5.82 Å². The third-order valence-corrected chi connectivity index (χ3v) is 6.76. The summed E-state index contributed by atoms with van der Waals surface area (Å²) < 4.78 is 40.6. The molecule has 206 valence electrons. The van der Waals surface area contributed by atoms with Gasteiger partial charge >= 0.3 is 6.18 Å². The standard InChI is InChI=1S/C32H25F3N4O2/c1-20-28(38-30(40)27-11-7-6-10-26(27)23-12-16-24(17-13-23)32(33,34)35)37-29(39(20)2)31(41)36-25-18-14-22(15-19-25)21-8-4-3-5-9-21/h3-19H,1-2H3,(H,36,41)(H,38,40). The third-order valence-electron chi connectivity index (χ3n) is 6.76. The average molecular weight is 555 g/mol. The van der Waals surface area contributed by atoms with Gasteiger partial charge in [-0.15, -0.1) is 0 Å². The number of amides is 2. The molecule has 0 unspecified atom stereocenters. The Kier molecular flexibility index (Phi) is 7.43. The van der Waals surface area contributed by atoms with Crippen LogP contribution in [0, 0.1) is 6.92 Å². The van der Waals surface area contributed by atoms with E-state index in [0.29, 0.717) is 22.5 Å². The molecule has 0 atom stereocenters. The molecule has 0 saturated heterocycles. The minimum Gasteiger partial charge on any atom is -0.325 e. The van der Waals surface area contributed by atoms with E-state index in [1.54, 1.807) is 54.9 Å². The fourth-order valence-electron chi connectivity index (χ4n) is 4.41. The summed E-state index contributed by atoms with van der Waals surface area (Å²) in [7, 11) is 1.67. The van der Waals surface area contributed by atoms with Crippen molar-refractivity contribution in [3.8, 4) is 22.3 Å². The summed E-state index contributed by atoms with van der Waals surface area (Å²) in [5, 5.41) is 5.58. The zero-order chi connectivity index (χ0) is 29.1. The van der Waals surface area contributed by atoms with Gasteiger partial charge in [0.1, 0.15) is 0 Å². The lowest BCUT2D eigenvalue weighted by Crippen LogP contribution is -2.17. The van der Waals surface area contributed by atoms with Crippen LogP contribution in [0.3, 0.4) is 0 Å². The molecule has 41 heavy (non-hydrogen) atoms. The van der Waals surface area contributed by atoms with E-state index in [2.05, 4.69) is 15.6 Å². The van der Waals surface area contributed by atoms with E-state index < -0.39 is 23.6 Å². The number of carbonyl (C=O) groups is 2. The van der Waals surface area contributed by atoms with Crippen molar-refractivity contribution in [2.45, 2.75) is 13.1 Å². The molecule has 0 spiro atoms. The van der Waals surface area contributed by atoms with Gasteiger partial charge in [-0.3, -0.25) is 9.59 Å². The molecule has 2 amide bonds. The number of benzene rings is 4. The molecule has 1 heterocycles. The molecular weight excluding hydrogens is 529 g/mol. The largest absolute Gasteiger partial charge is 0.416 e. The molecule has 2 N–H and O–H groups in total. The molecule has 4 aromatic carbocycles.